The van der Waals surface area contributed by atoms with E-state index in [1.807, 2.05) is 12.3 Å². The molecule has 4 atom stereocenters. The first-order chi connectivity index (χ1) is 19.7. The van der Waals surface area contributed by atoms with Crippen molar-refractivity contribution in [3.8, 4) is 15.6 Å². The second-order valence-electron chi connectivity index (χ2n) is 12.8. The Kier molecular flexibility index (Phi) is 9.24. The van der Waals surface area contributed by atoms with Gasteiger partial charge in [-0.1, -0.05) is 43.4 Å². The van der Waals surface area contributed by atoms with Gasteiger partial charge in [-0.2, -0.15) is 0 Å². The van der Waals surface area contributed by atoms with Crippen LogP contribution in [0.5, 0.6) is 5.19 Å². The minimum absolute atomic E-state index is 0.0321. The van der Waals surface area contributed by atoms with Crippen molar-refractivity contribution in [1.82, 2.24) is 4.98 Å². The van der Waals surface area contributed by atoms with Crippen molar-refractivity contribution in [2.75, 3.05) is 25.7 Å². The van der Waals surface area contributed by atoms with Crippen LogP contribution in [0.25, 0.3) is 10.4 Å². The van der Waals surface area contributed by atoms with Crippen LogP contribution in [0.15, 0.2) is 53.9 Å². The molecule has 0 bridgehead atoms. The third kappa shape index (κ3) is 6.56. The average Bonchev–Trinajstić information content (AvgIpc) is 3.46. The van der Waals surface area contributed by atoms with Gasteiger partial charge in [0, 0.05) is 24.3 Å². The van der Waals surface area contributed by atoms with E-state index in [-0.39, 0.29) is 23.3 Å². The van der Waals surface area contributed by atoms with Gasteiger partial charge in [0.2, 0.25) is 5.91 Å². The van der Waals surface area contributed by atoms with E-state index >= 15 is 0 Å². The van der Waals surface area contributed by atoms with Gasteiger partial charge in [0.05, 0.1) is 25.2 Å². The number of aromatic nitrogens is 1. The predicted molar refractivity (Wildman–Crippen MR) is 166 cm³/mol. The summed E-state index contributed by atoms with van der Waals surface area (Å²) in [5.74, 6) is 2.81. The Balaban J connectivity index is 1.35. The van der Waals surface area contributed by atoms with Crippen LogP contribution in [0.3, 0.4) is 0 Å². The number of amides is 1. The molecule has 6 nitrogen and oxygen atoms in total. The Hall–Kier alpha value is -2.64. The number of aliphatic hydroxyl groups is 1. The Morgan fingerprint density at radius 3 is 2.59 bits per heavy atom. The van der Waals surface area contributed by atoms with Crippen molar-refractivity contribution in [1.29, 1.82) is 0 Å². The highest BCUT2D eigenvalue weighted by Crippen LogP contribution is 2.50. The average molecular weight is 579 g/mol. The largest absolute Gasteiger partial charge is 0.497 e. The highest BCUT2D eigenvalue weighted by molar-refractivity contribution is 7.16. The van der Waals surface area contributed by atoms with Gasteiger partial charge in [-0.3, -0.25) is 4.79 Å². The lowest BCUT2D eigenvalue weighted by Crippen LogP contribution is -2.44. The Morgan fingerprint density at radius 1 is 1.15 bits per heavy atom. The van der Waals surface area contributed by atoms with Gasteiger partial charge in [0.15, 0.2) is 0 Å². The van der Waals surface area contributed by atoms with Crippen LogP contribution in [0, 0.1) is 29.1 Å². The van der Waals surface area contributed by atoms with E-state index in [0.717, 1.165) is 60.5 Å². The molecule has 1 amide bonds. The first kappa shape index (κ1) is 29.8. The molecular weight excluding hydrogens is 532 g/mol. The molecule has 1 aromatic carbocycles. The molecule has 41 heavy (non-hydrogen) atoms. The van der Waals surface area contributed by atoms with Crippen LogP contribution in [-0.2, 0) is 9.53 Å². The number of nitrogens with zero attached hydrogens (tertiary/aromatic N) is 2. The zero-order valence-corrected chi connectivity index (χ0v) is 26.1. The van der Waals surface area contributed by atoms with Crippen molar-refractivity contribution in [2.45, 2.75) is 78.2 Å². The summed E-state index contributed by atoms with van der Waals surface area (Å²) in [5, 5.41) is 10.7. The number of carbonyl (C=O) groups excluding carboxylic acids is 1. The standard InChI is InChI=1S/C34H46N2O4S/c1-22-17-24(9-14-29(22)34(3)16-15-30(39-4)23(2)19-34)21-36(32(38)25-10-12-28(37)13-11-25)27-8-6-7-26(18-27)31-20-35-33(40-5)41-31/h6-8,15-16,18,20,22,24-25,28-29,37H,9-14,17,19,21H2,1-5H3/t22?,24-,25?,28?,29-,34?/m1/s1. The van der Waals surface area contributed by atoms with E-state index in [1.54, 1.807) is 14.2 Å². The van der Waals surface area contributed by atoms with Crippen LogP contribution < -0.4 is 9.64 Å². The van der Waals surface area contributed by atoms with Crippen LogP contribution in [0.4, 0.5) is 5.69 Å². The summed E-state index contributed by atoms with van der Waals surface area (Å²) in [5.41, 5.74) is 3.47. The maximum atomic E-state index is 14.1. The molecule has 0 aliphatic heterocycles. The molecule has 7 heteroatoms. The summed E-state index contributed by atoms with van der Waals surface area (Å²) < 4.78 is 10.9. The molecule has 0 saturated heterocycles. The van der Waals surface area contributed by atoms with E-state index in [2.05, 4.69) is 61.0 Å². The molecule has 3 aliphatic rings. The Bertz CT molecular complexity index is 1280. The van der Waals surface area contributed by atoms with E-state index in [1.165, 1.54) is 23.3 Å². The molecule has 0 radical (unpaired) electrons. The molecular formula is C34H46N2O4S. The van der Waals surface area contributed by atoms with Crippen LogP contribution in [0.2, 0.25) is 0 Å². The summed E-state index contributed by atoms with van der Waals surface area (Å²) in [6.07, 6.45) is 13.5. The number of hydrogen-bond acceptors (Lipinski definition) is 6. The monoisotopic (exact) mass is 578 g/mol. The third-order valence-corrected chi connectivity index (χ3v) is 10.9. The molecule has 222 valence electrons. The zero-order chi connectivity index (χ0) is 29.1. The van der Waals surface area contributed by atoms with E-state index in [0.29, 0.717) is 35.8 Å². The van der Waals surface area contributed by atoms with Crippen LogP contribution >= 0.6 is 11.3 Å². The summed E-state index contributed by atoms with van der Waals surface area (Å²) >= 11 is 1.51. The molecule has 2 aromatic rings. The first-order valence-corrected chi connectivity index (χ1v) is 16.0. The topological polar surface area (TPSA) is 71.9 Å². The van der Waals surface area contributed by atoms with Gasteiger partial charge in [-0.15, -0.1) is 0 Å². The summed E-state index contributed by atoms with van der Waals surface area (Å²) in [4.78, 5) is 21.6. The second-order valence-corrected chi connectivity index (χ2v) is 13.8. The molecule has 1 N–H and O–H groups in total. The number of allylic oxidation sites excluding steroid dienone is 3. The fourth-order valence-electron chi connectivity index (χ4n) is 7.71. The first-order valence-electron chi connectivity index (χ1n) is 15.2. The number of anilines is 1. The van der Waals surface area contributed by atoms with E-state index < -0.39 is 0 Å². The number of ether oxygens (including phenoxy) is 2. The van der Waals surface area contributed by atoms with Crippen molar-refractivity contribution in [3.63, 3.8) is 0 Å². The quantitative estimate of drug-likeness (QED) is 0.349. The fraction of sp³-hybridized carbons (Fsp3) is 0.588. The van der Waals surface area contributed by atoms with Gasteiger partial charge in [-0.05, 0) is 111 Å². The molecule has 2 unspecified atom stereocenters. The fourth-order valence-corrected chi connectivity index (χ4v) is 8.44. The van der Waals surface area contributed by atoms with E-state index in [9.17, 15) is 9.90 Å². The maximum Gasteiger partial charge on any atom is 0.273 e. The van der Waals surface area contributed by atoms with Crippen molar-refractivity contribution in [3.05, 3.63) is 53.9 Å². The van der Waals surface area contributed by atoms with E-state index in [4.69, 9.17) is 9.47 Å². The Morgan fingerprint density at radius 2 is 1.93 bits per heavy atom. The van der Waals surface area contributed by atoms with Gasteiger partial charge in [0.25, 0.3) is 5.19 Å². The molecule has 5 rings (SSSR count). The number of thiazole rings is 1. The van der Waals surface area contributed by atoms with Crippen molar-refractivity contribution >= 4 is 22.9 Å². The summed E-state index contributed by atoms with van der Waals surface area (Å²) in [7, 11) is 3.39. The number of benzene rings is 1. The predicted octanol–water partition coefficient (Wildman–Crippen LogP) is 7.64. The highest BCUT2D eigenvalue weighted by atomic mass is 32.1. The van der Waals surface area contributed by atoms with Gasteiger partial charge < -0.3 is 19.5 Å². The number of rotatable bonds is 8. The second kappa shape index (κ2) is 12.7. The lowest BCUT2D eigenvalue weighted by molar-refractivity contribution is -0.124. The highest BCUT2D eigenvalue weighted by Gasteiger charge is 2.41. The lowest BCUT2D eigenvalue weighted by Gasteiger charge is -2.46. The molecule has 3 aliphatic carbocycles. The summed E-state index contributed by atoms with van der Waals surface area (Å²) in [6, 6.07) is 8.32. The number of carbonyl (C=O) groups is 1. The minimum Gasteiger partial charge on any atom is -0.497 e. The van der Waals surface area contributed by atoms with Crippen molar-refractivity contribution < 1.29 is 19.4 Å². The smallest absolute Gasteiger partial charge is 0.273 e. The molecule has 2 saturated carbocycles. The SMILES string of the molecule is COC1=C(C)CC(C)([C@@H]2CC[C@@H](CN(C(=O)C3CCC(O)CC3)c3cccc(-c4cnc(OC)s4)c3)CC2C)C=C1. The summed E-state index contributed by atoms with van der Waals surface area (Å²) in [6.45, 7) is 7.76. The lowest BCUT2D eigenvalue weighted by atomic mass is 9.60. The van der Waals surface area contributed by atoms with Gasteiger partial charge >= 0.3 is 0 Å². The molecule has 2 fully saturated rings. The Labute approximate surface area is 249 Å². The minimum atomic E-state index is -0.276. The maximum absolute atomic E-state index is 14.1. The molecule has 1 aromatic heterocycles. The number of methoxy groups -OCH3 is 2. The van der Waals surface area contributed by atoms with Crippen LogP contribution in [-0.4, -0.2) is 42.9 Å². The van der Waals surface area contributed by atoms with Gasteiger partial charge in [0.1, 0.15) is 5.76 Å². The third-order valence-electron chi connectivity index (χ3n) is 9.88. The number of hydrogen-bond donors (Lipinski definition) is 1. The molecule has 1 heterocycles. The number of aliphatic hydroxyl groups excluding tert-OH is 1. The van der Waals surface area contributed by atoms with Crippen molar-refractivity contribution in [2.24, 2.45) is 29.1 Å². The zero-order valence-electron chi connectivity index (χ0n) is 25.3. The normalized spacial score (nSPS) is 30.2. The molecule has 0 spiro atoms. The van der Waals surface area contributed by atoms with Gasteiger partial charge in [-0.25, -0.2) is 4.98 Å². The van der Waals surface area contributed by atoms with Crippen LogP contribution in [0.1, 0.15) is 72.1 Å².